The zero-order valence-corrected chi connectivity index (χ0v) is 12.9. The monoisotopic (exact) mass is 273 g/mol. The second-order valence-electron chi connectivity index (χ2n) is 6.99. The van der Waals surface area contributed by atoms with E-state index in [1.165, 1.54) is 19.1 Å². The Morgan fingerprint density at radius 2 is 1.89 bits per heavy atom. The maximum Gasteiger partial charge on any atom is 0.150 e. The molecule has 0 aromatic rings. The molecule has 2 aliphatic carbocycles. The fraction of sp³-hybridized carbons (Fsp3) is 1.00. The van der Waals surface area contributed by atoms with Gasteiger partial charge in [-0.2, -0.15) is 0 Å². The first-order chi connectivity index (χ1) is 8.25. The Morgan fingerprint density at radius 3 is 2.33 bits per heavy atom. The lowest BCUT2D eigenvalue weighted by Gasteiger charge is -2.34. The van der Waals surface area contributed by atoms with Crippen LogP contribution in [-0.4, -0.2) is 33.0 Å². The zero-order valence-electron chi connectivity index (χ0n) is 12.1. The molecule has 1 N–H and O–H groups in total. The minimum absolute atomic E-state index is 0.103. The predicted octanol–water partition coefficient (Wildman–Crippen LogP) is 2.22. The summed E-state index contributed by atoms with van der Waals surface area (Å²) in [5.74, 6) is 1.26. The van der Waals surface area contributed by atoms with Gasteiger partial charge in [-0.05, 0) is 50.0 Å². The van der Waals surface area contributed by atoms with E-state index in [2.05, 4.69) is 19.2 Å². The molecule has 2 aliphatic rings. The molecule has 4 heteroatoms. The Morgan fingerprint density at radius 1 is 1.28 bits per heavy atom. The summed E-state index contributed by atoms with van der Waals surface area (Å²) < 4.78 is 23.5. The Kier molecular flexibility index (Phi) is 3.81. The lowest BCUT2D eigenvalue weighted by Crippen LogP contribution is -2.41. The minimum atomic E-state index is -2.86. The number of nitrogens with one attached hydrogen (secondary N) is 1. The Bertz CT molecular complexity index is 402. The highest BCUT2D eigenvalue weighted by atomic mass is 32.2. The average Bonchev–Trinajstić information content (AvgIpc) is 2.88. The van der Waals surface area contributed by atoms with Crippen molar-refractivity contribution in [2.24, 2.45) is 17.3 Å². The van der Waals surface area contributed by atoms with Gasteiger partial charge in [0.25, 0.3) is 0 Å². The topological polar surface area (TPSA) is 46.2 Å². The van der Waals surface area contributed by atoms with Crippen LogP contribution in [-0.2, 0) is 9.84 Å². The number of sulfone groups is 1. The summed E-state index contributed by atoms with van der Waals surface area (Å²) in [5, 5.41) is 3.36. The fourth-order valence-electron chi connectivity index (χ4n) is 3.78. The largest absolute Gasteiger partial charge is 0.316 e. The lowest BCUT2D eigenvalue weighted by molar-refractivity contribution is 0.243. The summed E-state index contributed by atoms with van der Waals surface area (Å²) in [6.45, 7) is 4.64. The SMILES string of the molecule is CNC(C1CCCC(S(C)(=O)=O)C1)C1CC1(C)C. The molecule has 0 bridgehead atoms. The third kappa shape index (κ3) is 2.90. The molecule has 4 atom stereocenters. The predicted molar refractivity (Wildman–Crippen MR) is 75.3 cm³/mol. The smallest absolute Gasteiger partial charge is 0.150 e. The van der Waals surface area contributed by atoms with Crippen molar-refractivity contribution < 1.29 is 8.42 Å². The summed E-state index contributed by atoms with van der Waals surface area (Å²) in [6, 6.07) is 0.504. The third-order valence-corrected chi connectivity index (χ3v) is 6.78. The standard InChI is InChI=1S/C14H27NO2S/c1-14(2)9-12(14)13(15-3)10-6-5-7-11(8-10)18(4,16)17/h10-13,15H,5-9H2,1-4H3. The zero-order chi connectivity index (χ0) is 13.6. The first-order valence-electron chi connectivity index (χ1n) is 7.12. The fourth-order valence-corrected chi connectivity index (χ4v) is 4.97. The van der Waals surface area contributed by atoms with E-state index in [0.29, 0.717) is 17.4 Å². The molecule has 0 amide bonds. The van der Waals surface area contributed by atoms with Gasteiger partial charge in [-0.3, -0.25) is 0 Å². The van der Waals surface area contributed by atoms with Crippen molar-refractivity contribution in [3.63, 3.8) is 0 Å². The molecular weight excluding hydrogens is 246 g/mol. The van der Waals surface area contributed by atoms with Crippen LogP contribution in [0.2, 0.25) is 0 Å². The van der Waals surface area contributed by atoms with E-state index < -0.39 is 9.84 Å². The summed E-state index contributed by atoms with van der Waals surface area (Å²) >= 11 is 0. The molecule has 0 saturated heterocycles. The first-order valence-corrected chi connectivity index (χ1v) is 9.07. The highest BCUT2D eigenvalue weighted by Crippen LogP contribution is 2.55. The maximum absolute atomic E-state index is 11.7. The van der Waals surface area contributed by atoms with Crippen molar-refractivity contribution >= 4 is 9.84 Å². The highest BCUT2D eigenvalue weighted by Gasteiger charge is 2.52. The second kappa shape index (κ2) is 4.78. The molecule has 0 aromatic heterocycles. The van der Waals surface area contributed by atoms with Gasteiger partial charge in [-0.15, -0.1) is 0 Å². The van der Waals surface area contributed by atoms with E-state index in [0.717, 1.165) is 25.2 Å². The van der Waals surface area contributed by atoms with Gasteiger partial charge < -0.3 is 5.32 Å². The second-order valence-corrected chi connectivity index (χ2v) is 9.32. The lowest BCUT2D eigenvalue weighted by atomic mass is 9.80. The molecule has 18 heavy (non-hydrogen) atoms. The summed E-state index contributed by atoms with van der Waals surface area (Å²) in [5.41, 5.74) is 0.450. The molecule has 0 spiro atoms. The van der Waals surface area contributed by atoms with Crippen LogP contribution in [0.4, 0.5) is 0 Å². The van der Waals surface area contributed by atoms with Gasteiger partial charge in [0.1, 0.15) is 9.84 Å². The molecule has 0 heterocycles. The maximum atomic E-state index is 11.7. The van der Waals surface area contributed by atoms with Crippen LogP contribution in [0.25, 0.3) is 0 Å². The van der Waals surface area contributed by atoms with E-state index in [1.54, 1.807) is 0 Å². The van der Waals surface area contributed by atoms with Crippen LogP contribution in [0.1, 0.15) is 46.0 Å². The first kappa shape index (κ1) is 14.3. The van der Waals surface area contributed by atoms with Crippen molar-refractivity contribution in [3.8, 4) is 0 Å². The molecule has 4 unspecified atom stereocenters. The van der Waals surface area contributed by atoms with Gasteiger partial charge in [0.2, 0.25) is 0 Å². The summed E-state index contributed by atoms with van der Waals surface area (Å²) in [6.07, 6.45) is 6.64. The van der Waals surface area contributed by atoms with Gasteiger partial charge in [-0.1, -0.05) is 20.3 Å². The molecule has 0 aliphatic heterocycles. The molecule has 0 aromatic carbocycles. The van der Waals surface area contributed by atoms with Gasteiger partial charge in [0.15, 0.2) is 0 Å². The molecule has 2 fully saturated rings. The van der Waals surface area contributed by atoms with Crippen LogP contribution in [0, 0.1) is 17.3 Å². The van der Waals surface area contributed by atoms with Crippen molar-refractivity contribution in [1.29, 1.82) is 0 Å². The van der Waals surface area contributed by atoms with Crippen molar-refractivity contribution in [2.75, 3.05) is 13.3 Å². The van der Waals surface area contributed by atoms with Crippen molar-refractivity contribution in [1.82, 2.24) is 5.32 Å². The van der Waals surface area contributed by atoms with E-state index >= 15 is 0 Å². The van der Waals surface area contributed by atoms with Gasteiger partial charge in [-0.25, -0.2) is 8.42 Å². The van der Waals surface area contributed by atoms with Crippen LogP contribution in [0.15, 0.2) is 0 Å². The Balaban J connectivity index is 2.04. The molecule has 3 nitrogen and oxygen atoms in total. The average molecular weight is 273 g/mol. The summed E-state index contributed by atoms with van der Waals surface area (Å²) in [4.78, 5) is 0. The van der Waals surface area contributed by atoms with Crippen LogP contribution >= 0.6 is 0 Å². The molecule has 0 radical (unpaired) electrons. The van der Waals surface area contributed by atoms with Gasteiger partial charge in [0.05, 0.1) is 5.25 Å². The molecule has 106 valence electrons. The van der Waals surface area contributed by atoms with E-state index in [4.69, 9.17) is 0 Å². The Hall–Kier alpha value is -0.0900. The third-order valence-electron chi connectivity index (χ3n) is 5.14. The van der Waals surface area contributed by atoms with E-state index in [9.17, 15) is 8.42 Å². The minimum Gasteiger partial charge on any atom is -0.316 e. The quantitative estimate of drug-likeness (QED) is 0.854. The molecular formula is C14H27NO2S. The Labute approximate surface area is 112 Å². The number of hydrogen-bond donors (Lipinski definition) is 1. The summed E-state index contributed by atoms with van der Waals surface area (Å²) in [7, 11) is -0.831. The van der Waals surface area contributed by atoms with Crippen LogP contribution < -0.4 is 5.32 Å². The van der Waals surface area contributed by atoms with Crippen molar-refractivity contribution in [3.05, 3.63) is 0 Å². The molecule has 2 rings (SSSR count). The van der Waals surface area contributed by atoms with Crippen LogP contribution in [0.3, 0.4) is 0 Å². The van der Waals surface area contributed by atoms with Crippen molar-refractivity contribution in [2.45, 2.75) is 57.2 Å². The van der Waals surface area contributed by atoms with Crippen LogP contribution in [0.5, 0.6) is 0 Å². The van der Waals surface area contributed by atoms with Gasteiger partial charge in [0, 0.05) is 12.3 Å². The molecule has 2 saturated carbocycles. The normalized spacial score (nSPS) is 37.2. The number of rotatable bonds is 4. The van der Waals surface area contributed by atoms with Gasteiger partial charge >= 0.3 is 0 Å². The highest BCUT2D eigenvalue weighted by molar-refractivity contribution is 7.91. The van der Waals surface area contributed by atoms with E-state index in [1.807, 2.05) is 7.05 Å². The van der Waals surface area contributed by atoms with E-state index in [-0.39, 0.29) is 5.25 Å². The number of hydrogen-bond acceptors (Lipinski definition) is 3.